The summed E-state index contributed by atoms with van der Waals surface area (Å²) in [5.41, 5.74) is 1.07. The minimum absolute atomic E-state index is 0.0653. The molecule has 1 N–H and O–H groups in total. The van der Waals surface area contributed by atoms with Gasteiger partial charge in [-0.1, -0.05) is 25.1 Å². The molecule has 1 aromatic heterocycles. The van der Waals surface area contributed by atoms with Gasteiger partial charge < -0.3 is 0 Å². The lowest BCUT2D eigenvalue weighted by Crippen LogP contribution is -2.17. The number of aromatic amines is 1. The Bertz CT molecular complexity index is 516. The fraction of sp³-hybridized carbons (Fsp3) is 0.308. The number of aryl methyl sites for hydroxylation is 2. The number of nitrogens with one attached hydrogen (secondary N) is 1. The molecule has 0 saturated heterocycles. The summed E-state index contributed by atoms with van der Waals surface area (Å²) >= 11 is 1.76. The minimum Gasteiger partial charge on any atom is -0.300 e. The van der Waals surface area contributed by atoms with E-state index in [1.165, 1.54) is 4.90 Å². The highest BCUT2D eigenvalue weighted by Gasteiger charge is 2.01. The van der Waals surface area contributed by atoms with Gasteiger partial charge in [0.2, 0.25) is 0 Å². The molecule has 0 aliphatic rings. The first kappa shape index (κ1) is 12.0. The maximum Gasteiger partial charge on any atom is 0.266 e. The Morgan fingerprint density at radius 2 is 2.06 bits per heavy atom. The van der Waals surface area contributed by atoms with Crippen molar-refractivity contribution in [1.29, 1.82) is 0 Å². The summed E-state index contributed by atoms with van der Waals surface area (Å²) in [6.45, 7) is 2.76. The summed E-state index contributed by atoms with van der Waals surface area (Å²) < 4.78 is 1.68. The van der Waals surface area contributed by atoms with Crippen molar-refractivity contribution in [2.24, 2.45) is 0 Å². The van der Waals surface area contributed by atoms with Gasteiger partial charge in [0.05, 0.1) is 6.54 Å². The van der Waals surface area contributed by atoms with Crippen molar-refractivity contribution < 1.29 is 0 Å². The molecule has 1 aromatic carbocycles. The second-order valence-electron chi connectivity index (χ2n) is 3.79. The van der Waals surface area contributed by atoms with Gasteiger partial charge in [0.1, 0.15) is 0 Å². The van der Waals surface area contributed by atoms with Crippen molar-refractivity contribution in [3.8, 4) is 0 Å². The van der Waals surface area contributed by atoms with Crippen LogP contribution in [0.2, 0.25) is 0 Å². The van der Waals surface area contributed by atoms with Crippen LogP contribution in [0.3, 0.4) is 0 Å². The predicted molar refractivity (Wildman–Crippen MR) is 71.6 cm³/mol. The number of hydrogen-bond acceptors (Lipinski definition) is 2. The highest BCUT2D eigenvalue weighted by molar-refractivity contribution is 7.99. The first-order valence-corrected chi connectivity index (χ1v) is 6.74. The number of aromatic nitrogens is 2. The van der Waals surface area contributed by atoms with Crippen molar-refractivity contribution >= 4 is 11.8 Å². The summed E-state index contributed by atoms with van der Waals surface area (Å²) in [6, 6.07) is 11.9. The topological polar surface area (TPSA) is 37.8 Å². The monoisotopic (exact) mass is 248 g/mol. The molecular weight excluding hydrogens is 232 g/mol. The molecule has 0 spiro atoms. The molecule has 0 atom stereocenters. The van der Waals surface area contributed by atoms with Gasteiger partial charge in [-0.15, -0.1) is 11.8 Å². The van der Waals surface area contributed by atoms with Gasteiger partial charge >= 0.3 is 0 Å². The molecule has 0 unspecified atom stereocenters. The maximum absolute atomic E-state index is 11.6. The van der Waals surface area contributed by atoms with Crippen LogP contribution in [0, 0.1) is 0 Å². The third-order valence-electron chi connectivity index (χ3n) is 2.55. The summed E-state index contributed by atoms with van der Waals surface area (Å²) in [6.07, 6.45) is 0.869. The normalized spacial score (nSPS) is 10.6. The van der Waals surface area contributed by atoms with Crippen LogP contribution in [0.5, 0.6) is 0 Å². The molecule has 0 saturated carbocycles. The van der Waals surface area contributed by atoms with E-state index in [1.807, 2.05) is 25.1 Å². The van der Waals surface area contributed by atoms with Crippen molar-refractivity contribution in [3.63, 3.8) is 0 Å². The number of hydrogen-bond donors (Lipinski definition) is 1. The van der Waals surface area contributed by atoms with E-state index in [-0.39, 0.29) is 5.56 Å². The summed E-state index contributed by atoms with van der Waals surface area (Å²) in [5.74, 6) is 0.896. The van der Waals surface area contributed by atoms with Crippen LogP contribution < -0.4 is 5.56 Å². The first-order chi connectivity index (χ1) is 8.29. The largest absolute Gasteiger partial charge is 0.300 e. The molecule has 0 aliphatic heterocycles. The van der Waals surface area contributed by atoms with Crippen LogP contribution in [0.15, 0.2) is 46.1 Å². The number of H-pyrrole nitrogens is 1. The van der Waals surface area contributed by atoms with Gasteiger partial charge in [0.25, 0.3) is 5.56 Å². The third kappa shape index (κ3) is 3.27. The van der Waals surface area contributed by atoms with Crippen molar-refractivity contribution in [2.45, 2.75) is 24.8 Å². The van der Waals surface area contributed by atoms with E-state index < -0.39 is 0 Å². The highest BCUT2D eigenvalue weighted by atomic mass is 32.2. The summed E-state index contributed by atoms with van der Waals surface area (Å²) in [4.78, 5) is 12.8. The van der Waals surface area contributed by atoms with Gasteiger partial charge in [0, 0.05) is 22.4 Å². The Hall–Kier alpha value is -1.42. The molecule has 0 aliphatic carbocycles. The quantitative estimate of drug-likeness (QED) is 0.826. The predicted octanol–water partition coefficient (Wildman–Crippen LogP) is 2.53. The molecular formula is C13H16N2OS. The Labute approximate surface area is 105 Å². The van der Waals surface area contributed by atoms with Crippen LogP contribution in [0.4, 0.5) is 0 Å². The van der Waals surface area contributed by atoms with Gasteiger partial charge in [-0.2, -0.15) is 0 Å². The third-order valence-corrected chi connectivity index (χ3v) is 3.54. The van der Waals surface area contributed by atoms with E-state index in [0.717, 1.165) is 24.4 Å². The van der Waals surface area contributed by atoms with E-state index in [4.69, 9.17) is 0 Å². The molecule has 0 amide bonds. The zero-order valence-corrected chi connectivity index (χ0v) is 10.7. The Morgan fingerprint density at radius 1 is 1.29 bits per heavy atom. The van der Waals surface area contributed by atoms with Crippen molar-refractivity contribution in [2.75, 3.05) is 5.75 Å². The number of nitrogens with zero attached hydrogens (tertiary/aromatic N) is 1. The number of thioether (sulfide) groups is 1. The maximum atomic E-state index is 11.6. The molecule has 0 bridgehead atoms. The minimum atomic E-state index is 0.0653. The molecule has 2 rings (SSSR count). The number of rotatable bonds is 5. The zero-order chi connectivity index (χ0) is 12.1. The highest BCUT2D eigenvalue weighted by Crippen LogP contribution is 2.16. The molecule has 1 heterocycles. The van der Waals surface area contributed by atoms with Gasteiger partial charge in [-0.3, -0.25) is 14.6 Å². The smallest absolute Gasteiger partial charge is 0.266 e. The van der Waals surface area contributed by atoms with Crippen LogP contribution in [-0.2, 0) is 13.0 Å². The van der Waals surface area contributed by atoms with Gasteiger partial charge in [-0.05, 0) is 18.6 Å². The Balaban J connectivity index is 1.90. The van der Waals surface area contributed by atoms with Gasteiger partial charge in [0.15, 0.2) is 0 Å². The molecule has 3 nitrogen and oxygen atoms in total. The summed E-state index contributed by atoms with van der Waals surface area (Å²) in [5, 5.41) is 3.11. The number of benzene rings is 1. The zero-order valence-electron chi connectivity index (χ0n) is 9.85. The molecule has 4 heteroatoms. The summed E-state index contributed by atoms with van der Waals surface area (Å²) in [7, 11) is 0. The van der Waals surface area contributed by atoms with E-state index in [9.17, 15) is 4.79 Å². The molecule has 0 radical (unpaired) electrons. The van der Waals surface area contributed by atoms with Crippen LogP contribution in [0.25, 0.3) is 0 Å². The van der Waals surface area contributed by atoms with Crippen molar-refractivity contribution in [1.82, 2.24) is 9.78 Å². The van der Waals surface area contributed by atoms with E-state index in [1.54, 1.807) is 22.5 Å². The SMILES string of the molecule is CCc1cc(=O)n(CCSc2ccccc2)[nH]1. The molecule has 17 heavy (non-hydrogen) atoms. The van der Waals surface area contributed by atoms with Crippen LogP contribution in [-0.4, -0.2) is 15.5 Å². The van der Waals surface area contributed by atoms with Crippen molar-refractivity contribution in [3.05, 3.63) is 52.4 Å². The van der Waals surface area contributed by atoms with Gasteiger partial charge in [-0.25, -0.2) is 0 Å². The fourth-order valence-electron chi connectivity index (χ4n) is 1.61. The van der Waals surface area contributed by atoms with E-state index in [0.29, 0.717) is 0 Å². The fourth-order valence-corrected chi connectivity index (χ4v) is 2.47. The first-order valence-electron chi connectivity index (χ1n) is 5.76. The van der Waals surface area contributed by atoms with E-state index >= 15 is 0 Å². The van der Waals surface area contributed by atoms with Crippen LogP contribution >= 0.6 is 11.8 Å². The second kappa shape index (κ2) is 5.77. The van der Waals surface area contributed by atoms with E-state index in [2.05, 4.69) is 17.2 Å². The van der Waals surface area contributed by atoms with Crippen LogP contribution in [0.1, 0.15) is 12.6 Å². The second-order valence-corrected chi connectivity index (χ2v) is 4.95. The average molecular weight is 248 g/mol. The Morgan fingerprint density at radius 3 is 2.71 bits per heavy atom. The molecule has 90 valence electrons. The molecule has 2 aromatic rings. The Kier molecular flexibility index (Phi) is 4.09. The lowest BCUT2D eigenvalue weighted by molar-refractivity contribution is 0.634. The lowest BCUT2D eigenvalue weighted by Gasteiger charge is -2.02. The standard InChI is InChI=1S/C13H16N2OS/c1-2-11-10-13(16)15(14-11)8-9-17-12-6-4-3-5-7-12/h3-7,10,14H,2,8-9H2,1H3. The average Bonchev–Trinajstić information content (AvgIpc) is 2.72. The molecule has 0 fully saturated rings. The lowest BCUT2D eigenvalue weighted by atomic mass is 10.3.